The summed E-state index contributed by atoms with van der Waals surface area (Å²) in [5.41, 5.74) is 6.46. The Bertz CT molecular complexity index is 568. The fraction of sp³-hybridized carbons (Fsp3) is 0.333. The number of hydrogen-bond donors (Lipinski definition) is 1. The van der Waals surface area contributed by atoms with Gasteiger partial charge in [-0.05, 0) is 18.5 Å². The minimum Gasteiger partial charge on any atom is -0.465 e. The largest absolute Gasteiger partial charge is 0.465 e. The summed E-state index contributed by atoms with van der Waals surface area (Å²) in [6.07, 6.45) is 1.45. The van der Waals surface area contributed by atoms with Crippen LogP contribution in [-0.2, 0) is 16.1 Å². The van der Waals surface area contributed by atoms with Gasteiger partial charge in [0.1, 0.15) is 12.1 Å². The van der Waals surface area contributed by atoms with Crippen LogP contribution in [0, 0.1) is 0 Å². The van der Waals surface area contributed by atoms with Gasteiger partial charge in [-0.25, -0.2) is 4.98 Å². The van der Waals surface area contributed by atoms with Crippen LogP contribution in [0.25, 0.3) is 11.2 Å². The van der Waals surface area contributed by atoms with Crippen molar-refractivity contribution in [3.05, 3.63) is 11.6 Å². The van der Waals surface area contributed by atoms with Gasteiger partial charge in [0.05, 0.1) is 12.9 Å². The van der Waals surface area contributed by atoms with Crippen LogP contribution in [0.15, 0.2) is 6.33 Å². The van der Waals surface area contributed by atoms with Crippen LogP contribution in [0.4, 0.5) is 5.82 Å². The van der Waals surface area contributed by atoms with Crippen LogP contribution in [0.3, 0.4) is 0 Å². The fourth-order valence-corrected chi connectivity index (χ4v) is 1.57. The normalized spacial score (nSPS) is 10.7. The molecule has 0 radical (unpaired) electrons. The standard InChI is InChI=1S/C9H10ClN5O2/c1-2-17-5(16)3-15-4-12-6-7(11)13-9(10)14-8(6)15/h4H,2-3H2,1H3,(H2,11,13,14). The van der Waals surface area contributed by atoms with Crippen LogP contribution in [-0.4, -0.2) is 32.1 Å². The average Bonchev–Trinajstić information content (AvgIpc) is 2.62. The molecule has 0 bridgehead atoms. The Morgan fingerprint density at radius 3 is 3.06 bits per heavy atom. The molecule has 0 aliphatic heterocycles. The molecule has 0 saturated heterocycles. The molecule has 2 aromatic heterocycles. The molecule has 2 heterocycles. The number of imidazole rings is 1. The highest BCUT2D eigenvalue weighted by Crippen LogP contribution is 2.17. The van der Waals surface area contributed by atoms with Gasteiger partial charge in [0, 0.05) is 0 Å². The third kappa shape index (κ3) is 2.28. The van der Waals surface area contributed by atoms with Crippen molar-refractivity contribution in [3.63, 3.8) is 0 Å². The number of nitrogens with zero attached hydrogens (tertiary/aromatic N) is 4. The van der Waals surface area contributed by atoms with E-state index in [4.69, 9.17) is 22.1 Å². The van der Waals surface area contributed by atoms with Crippen molar-refractivity contribution < 1.29 is 9.53 Å². The summed E-state index contributed by atoms with van der Waals surface area (Å²) in [7, 11) is 0. The van der Waals surface area contributed by atoms with Gasteiger partial charge in [0.25, 0.3) is 0 Å². The molecule has 0 unspecified atom stereocenters. The Morgan fingerprint density at radius 2 is 2.35 bits per heavy atom. The zero-order chi connectivity index (χ0) is 12.4. The third-order valence-electron chi connectivity index (χ3n) is 2.07. The van der Waals surface area contributed by atoms with Gasteiger partial charge in [0.15, 0.2) is 11.5 Å². The molecule has 0 amide bonds. The third-order valence-corrected chi connectivity index (χ3v) is 2.24. The van der Waals surface area contributed by atoms with Crippen LogP contribution >= 0.6 is 11.6 Å². The summed E-state index contributed by atoms with van der Waals surface area (Å²) in [6.45, 7) is 2.07. The highest BCUT2D eigenvalue weighted by Gasteiger charge is 2.12. The second-order valence-electron chi connectivity index (χ2n) is 3.23. The van der Waals surface area contributed by atoms with E-state index in [0.29, 0.717) is 17.8 Å². The van der Waals surface area contributed by atoms with E-state index in [2.05, 4.69) is 15.0 Å². The zero-order valence-corrected chi connectivity index (χ0v) is 9.81. The molecule has 2 rings (SSSR count). The maximum Gasteiger partial charge on any atom is 0.326 e. The number of nitrogen functional groups attached to an aromatic ring is 1. The number of carbonyl (C=O) groups is 1. The van der Waals surface area contributed by atoms with Crippen LogP contribution < -0.4 is 5.73 Å². The summed E-state index contributed by atoms with van der Waals surface area (Å²) in [4.78, 5) is 23.1. The minimum absolute atomic E-state index is 0.0110. The van der Waals surface area contributed by atoms with Gasteiger partial charge in [-0.15, -0.1) is 0 Å². The second kappa shape index (κ2) is 4.54. The zero-order valence-electron chi connectivity index (χ0n) is 9.05. The number of hydrogen-bond acceptors (Lipinski definition) is 6. The molecule has 8 heteroatoms. The number of ether oxygens (including phenoxy) is 1. The molecule has 90 valence electrons. The number of nitrogens with two attached hydrogens (primary N) is 1. The lowest BCUT2D eigenvalue weighted by Crippen LogP contribution is -2.13. The van der Waals surface area contributed by atoms with E-state index in [0.717, 1.165) is 0 Å². The molecule has 0 spiro atoms. The average molecular weight is 256 g/mol. The second-order valence-corrected chi connectivity index (χ2v) is 3.57. The van der Waals surface area contributed by atoms with Gasteiger partial charge in [0.2, 0.25) is 5.28 Å². The maximum atomic E-state index is 11.3. The van der Waals surface area contributed by atoms with Crippen LogP contribution in [0.5, 0.6) is 0 Å². The molecule has 2 N–H and O–H groups in total. The Hall–Kier alpha value is -1.89. The van der Waals surface area contributed by atoms with E-state index in [1.807, 2.05) is 0 Å². The molecular weight excluding hydrogens is 246 g/mol. The first kappa shape index (κ1) is 11.6. The van der Waals surface area contributed by atoms with Crippen molar-refractivity contribution >= 4 is 34.6 Å². The van der Waals surface area contributed by atoms with Crippen LogP contribution in [0.2, 0.25) is 5.28 Å². The first-order chi connectivity index (χ1) is 8.11. The number of fused-ring (bicyclic) bond motifs is 1. The molecule has 0 aromatic carbocycles. The molecule has 0 fully saturated rings. The lowest BCUT2D eigenvalue weighted by molar-refractivity contribution is -0.143. The molecule has 0 atom stereocenters. The van der Waals surface area contributed by atoms with Gasteiger partial charge in [-0.3, -0.25) is 4.79 Å². The van der Waals surface area contributed by atoms with Gasteiger partial charge < -0.3 is 15.0 Å². The summed E-state index contributed by atoms with van der Waals surface area (Å²) in [6, 6.07) is 0. The van der Waals surface area contributed by atoms with E-state index in [1.165, 1.54) is 10.9 Å². The van der Waals surface area contributed by atoms with Crippen molar-refractivity contribution in [2.45, 2.75) is 13.5 Å². The highest BCUT2D eigenvalue weighted by atomic mass is 35.5. The lowest BCUT2D eigenvalue weighted by Gasteiger charge is -2.03. The number of halogens is 1. The molecule has 0 aliphatic carbocycles. The Labute approximate surface area is 102 Å². The topological polar surface area (TPSA) is 95.9 Å². The minimum atomic E-state index is -0.375. The maximum absolute atomic E-state index is 11.3. The Morgan fingerprint density at radius 1 is 1.59 bits per heavy atom. The number of rotatable bonds is 3. The van der Waals surface area contributed by atoms with Crippen molar-refractivity contribution in [1.29, 1.82) is 0 Å². The van der Waals surface area contributed by atoms with E-state index < -0.39 is 0 Å². The van der Waals surface area contributed by atoms with Gasteiger partial charge in [-0.2, -0.15) is 9.97 Å². The smallest absolute Gasteiger partial charge is 0.326 e. The molecule has 17 heavy (non-hydrogen) atoms. The van der Waals surface area contributed by atoms with Gasteiger partial charge in [-0.1, -0.05) is 0 Å². The van der Waals surface area contributed by atoms with Crippen molar-refractivity contribution in [2.75, 3.05) is 12.3 Å². The highest BCUT2D eigenvalue weighted by molar-refractivity contribution is 6.28. The Kier molecular flexibility index (Phi) is 3.10. The molecule has 7 nitrogen and oxygen atoms in total. The lowest BCUT2D eigenvalue weighted by atomic mass is 10.5. The fourth-order valence-electron chi connectivity index (χ4n) is 1.40. The SMILES string of the molecule is CCOC(=O)Cn1cnc2c(N)nc(Cl)nc21. The number of esters is 1. The summed E-state index contributed by atoms with van der Waals surface area (Å²) in [5, 5.41) is 0.0145. The van der Waals surface area contributed by atoms with Crippen LogP contribution in [0.1, 0.15) is 6.92 Å². The number of aromatic nitrogens is 4. The Balaban J connectivity index is 2.39. The molecule has 0 aliphatic rings. The monoisotopic (exact) mass is 255 g/mol. The summed E-state index contributed by atoms with van der Waals surface area (Å²) in [5.74, 6) is -0.192. The summed E-state index contributed by atoms with van der Waals surface area (Å²) < 4.78 is 6.34. The molecular formula is C9H10ClN5O2. The summed E-state index contributed by atoms with van der Waals surface area (Å²) >= 11 is 5.69. The van der Waals surface area contributed by atoms with Gasteiger partial charge >= 0.3 is 5.97 Å². The van der Waals surface area contributed by atoms with Crippen molar-refractivity contribution in [3.8, 4) is 0 Å². The van der Waals surface area contributed by atoms with E-state index in [1.54, 1.807) is 6.92 Å². The van der Waals surface area contributed by atoms with E-state index in [9.17, 15) is 4.79 Å². The van der Waals surface area contributed by atoms with E-state index >= 15 is 0 Å². The first-order valence-electron chi connectivity index (χ1n) is 4.91. The van der Waals surface area contributed by atoms with Crippen molar-refractivity contribution in [2.24, 2.45) is 0 Å². The number of anilines is 1. The first-order valence-corrected chi connectivity index (χ1v) is 5.29. The predicted octanol–water partition coefficient (Wildman–Crippen LogP) is 0.625. The number of carbonyl (C=O) groups excluding carboxylic acids is 1. The quantitative estimate of drug-likeness (QED) is 0.638. The van der Waals surface area contributed by atoms with E-state index in [-0.39, 0.29) is 23.6 Å². The molecule has 2 aromatic rings. The van der Waals surface area contributed by atoms with Crippen molar-refractivity contribution in [1.82, 2.24) is 19.5 Å². The predicted molar refractivity (Wildman–Crippen MR) is 61.4 cm³/mol. The molecule has 0 saturated carbocycles.